The number of anilines is 4. The number of aryl methyl sites for hydroxylation is 2. The molecule has 8 aromatic rings. The van der Waals surface area contributed by atoms with Crippen molar-refractivity contribution in [2.45, 2.75) is 12.8 Å². The lowest BCUT2D eigenvalue weighted by atomic mass is 9.92. The molecule has 1 aliphatic rings. The van der Waals surface area contributed by atoms with Crippen LogP contribution in [0.25, 0.3) is 43.6 Å². The van der Waals surface area contributed by atoms with Gasteiger partial charge in [0, 0.05) is 32.9 Å². The second-order valence-electron chi connectivity index (χ2n) is 11.5. The highest BCUT2D eigenvalue weighted by Gasteiger charge is 2.19. The number of pyridine rings is 2. The summed E-state index contributed by atoms with van der Waals surface area (Å²) in [5.41, 5.74) is 9.84. The third kappa shape index (κ3) is 5.35. The lowest BCUT2D eigenvalue weighted by Crippen LogP contribution is -2.07. The van der Waals surface area contributed by atoms with Crippen LogP contribution in [0, 0.1) is 0 Å². The van der Waals surface area contributed by atoms with Gasteiger partial charge in [0.2, 0.25) is 11.5 Å². The number of nitrogens with zero attached hydrogens (tertiary/aromatic N) is 2. The quantitative estimate of drug-likeness (QED) is 0.124. The van der Waals surface area contributed by atoms with Gasteiger partial charge in [-0.25, -0.2) is 9.97 Å². The molecule has 0 saturated carbocycles. The summed E-state index contributed by atoms with van der Waals surface area (Å²) in [6, 6.07) is 45.0. The molecule has 0 spiro atoms. The van der Waals surface area contributed by atoms with Crippen LogP contribution in [0.4, 0.5) is 22.7 Å². The zero-order chi connectivity index (χ0) is 30.5. The molecule has 6 aromatic carbocycles. The molecule has 0 saturated heterocycles. The molecule has 48 heavy (non-hydrogen) atoms. The molecule has 8 heteroatoms. The van der Waals surface area contributed by atoms with Crippen LogP contribution < -0.4 is 20.4 Å². The standard InChI is InChI=1S/C40H28N4O2.2ClH/c1-3-13-29-25(11-1)27-23-24-28-26-12-2-4-14-30(26)42-34-18-10-20-36(40(28)34)44-32-16-6-8-22-38(32)46-45-37-21-7-5-15-31(37)43-35-19-9-17-33(41-29)39(27)35;;/h1-22,43-44H,23-24H2;2*1H. The highest BCUT2D eigenvalue weighted by molar-refractivity contribution is 6.06. The zero-order valence-corrected chi connectivity index (χ0v) is 27.3. The van der Waals surface area contributed by atoms with E-state index in [4.69, 9.17) is 19.7 Å². The zero-order valence-electron chi connectivity index (χ0n) is 25.6. The van der Waals surface area contributed by atoms with E-state index in [-0.39, 0.29) is 24.8 Å². The molecule has 0 radical (unpaired) electrons. The Labute approximate surface area is 289 Å². The van der Waals surface area contributed by atoms with E-state index in [2.05, 4.69) is 83.4 Å². The topological polar surface area (TPSA) is 68.3 Å². The smallest absolute Gasteiger partial charge is 0.201 e. The van der Waals surface area contributed by atoms with Crippen LogP contribution in [0.3, 0.4) is 0 Å². The lowest BCUT2D eigenvalue weighted by Gasteiger charge is -2.20. The van der Waals surface area contributed by atoms with Crippen molar-refractivity contribution in [1.29, 1.82) is 0 Å². The molecule has 6 nitrogen and oxygen atoms in total. The fourth-order valence-corrected chi connectivity index (χ4v) is 6.73. The number of halogens is 2. The Bertz CT molecular complexity index is 2300. The Morgan fingerprint density at radius 1 is 0.396 bits per heavy atom. The molecule has 0 bridgehead atoms. The minimum atomic E-state index is 0. The van der Waals surface area contributed by atoms with Crippen molar-refractivity contribution >= 4 is 91.2 Å². The van der Waals surface area contributed by atoms with Crippen molar-refractivity contribution in [2.24, 2.45) is 0 Å². The van der Waals surface area contributed by atoms with Gasteiger partial charge in [-0.05, 0) is 84.6 Å². The van der Waals surface area contributed by atoms with E-state index in [9.17, 15) is 0 Å². The molecular weight excluding hydrogens is 639 g/mol. The molecule has 0 fully saturated rings. The molecule has 3 heterocycles. The van der Waals surface area contributed by atoms with Crippen LogP contribution in [0.15, 0.2) is 133 Å². The Morgan fingerprint density at radius 2 is 0.771 bits per heavy atom. The summed E-state index contributed by atoms with van der Waals surface area (Å²) < 4.78 is 0. The maximum atomic E-state index is 6.04. The number of nitrogens with one attached hydrogen (secondary N) is 2. The minimum Gasteiger partial charge on any atom is -0.352 e. The van der Waals surface area contributed by atoms with Crippen LogP contribution in [-0.2, 0) is 12.8 Å². The Morgan fingerprint density at radius 3 is 1.25 bits per heavy atom. The van der Waals surface area contributed by atoms with Gasteiger partial charge in [-0.15, -0.1) is 24.8 Å². The summed E-state index contributed by atoms with van der Waals surface area (Å²) in [5.74, 6) is 1.14. The van der Waals surface area contributed by atoms with E-state index >= 15 is 0 Å². The number of benzene rings is 6. The first-order valence-corrected chi connectivity index (χ1v) is 15.5. The van der Waals surface area contributed by atoms with Gasteiger partial charge in [-0.1, -0.05) is 72.8 Å². The van der Waals surface area contributed by atoms with Gasteiger partial charge in [0.25, 0.3) is 0 Å². The SMILES string of the molecule is Cl.Cl.c1ccc2c(c1)Nc1cccc3nc4ccccc4c(c13)CCc1c3ccccc3nc3cccc(c13)Nc1ccccc1OO2. The summed E-state index contributed by atoms with van der Waals surface area (Å²) in [4.78, 5) is 22.3. The van der Waals surface area contributed by atoms with Gasteiger partial charge in [-0.3, -0.25) is 9.78 Å². The van der Waals surface area contributed by atoms with Crippen molar-refractivity contribution in [3.05, 3.63) is 145 Å². The molecule has 0 aliphatic carbocycles. The van der Waals surface area contributed by atoms with Crippen LogP contribution in [0.5, 0.6) is 11.5 Å². The van der Waals surface area contributed by atoms with E-state index in [1.54, 1.807) is 0 Å². The van der Waals surface area contributed by atoms with Crippen LogP contribution in [0.1, 0.15) is 11.1 Å². The number of hydrogen-bond acceptors (Lipinski definition) is 6. The van der Waals surface area contributed by atoms with Crippen molar-refractivity contribution in [1.82, 2.24) is 9.97 Å². The van der Waals surface area contributed by atoms with Crippen molar-refractivity contribution in [2.75, 3.05) is 10.6 Å². The predicted octanol–water partition coefficient (Wildman–Crippen LogP) is 10.9. The summed E-state index contributed by atoms with van der Waals surface area (Å²) in [5, 5.41) is 11.8. The third-order valence-electron chi connectivity index (χ3n) is 8.79. The van der Waals surface area contributed by atoms with Gasteiger partial charge in [-0.2, -0.15) is 0 Å². The molecule has 2 N–H and O–H groups in total. The maximum absolute atomic E-state index is 6.04. The summed E-state index contributed by atoms with van der Waals surface area (Å²) in [6.07, 6.45) is 1.60. The second-order valence-corrected chi connectivity index (χ2v) is 11.5. The van der Waals surface area contributed by atoms with Crippen LogP contribution in [0.2, 0.25) is 0 Å². The molecule has 236 valence electrons. The summed E-state index contributed by atoms with van der Waals surface area (Å²) in [7, 11) is 0. The van der Waals surface area contributed by atoms with E-state index < -0.39 is 0 Å². The first-order chi connectivity index (χ1) is 22.8. The average Bonchev–Trinajstić information content (AvgIpc) is 3.09. The second kappa shape index (κ2) is 12.9. The highest BCUT2D eigenvalue weighted by atomic mass is 35.5. The summed E-state index contributed by atoms with van der Waals surface area (Å²) in [6.45, 7) is 0. The van der Waals surface area contributed by atoms with Crippen molar-refractivity contribution in [3.63, 3.8) is 0 Å². The van der Waals surface area contributed by atoms with Gasteiger partial charge in [0.15, 0.2) is 0 Å². The fraction of sp³-hybridized carbons (Fsp3) is 0.0500. The molecule has 1 aliphatic heterocycles. The third-order valence-corrected chi connectivity index (χ3v) is 8.79. The molecule has 0 atom stereocenters. The number of hydrogen-bond donors (Lipinski definition) is 2. The highest BCUT2D eigenvalue weighted by Crippen LogP contribution is 2.40. The van der Waals surface area contributed by atoms with Gasteiger partial charge in [0.1, 0.15) is 0 Å². The van der Waals surface area contributed by atoms with E-state index in [0.717, 1.165) is 79.2 Å². The molecule has 9 rings (SSSR count). The Balaban J connectivity index is 0.00000182. The number of aromatic nitrogens is 2. The van der Waals surface area contributed by atoms with E-state index in [1.165, 1.54) is 11.1 Å². The molecule has 0 amide bonds. The van der Waals surface area contributed by atoms with Gasteiger partial charge >= 0.3 is 0 Å². The van der Waals surface area contributed by atoms with E-state index in [1.807, 2.05) is 60.7 Å². The van der Waals surface area contributed by atoms with Gasteiger partial charge < -0.3 is 10.6 Å². The van der Waals surface area contributed by atoms with Gasteiger partial charge in [0.05, 0.1) is 33.4 Å². The first-order valence-electron chi connectivity index (χ1n) is 15.5. The molecule has 2 aromatic heterocycles. The summed E-state index contributed by atoms with van der Waals surface area (Å²) >= 11 is 0. The first kappa shape index (κ1) is 31.1. The fourth-order valence-electron chi connectivity index (χ4n) is 6.73. The number of para-hydroxylation sites is 6. The number of rotatable bonds is 0. The minimum absolute atomic E-state index is 0. The molecule has 0 unspecified atom stereocenters. The van der Waals surface area contributed by atoms with Crippen molar-refractivity contribution in [3.8, 4) is 11.5 Å². The monoisotopic (exact) mass is 668 g/mol. The van der Waals surface area contributed by atoms with Crippen LogP contribution in [-0.4, -0.2) is 9.97 Å². The maximum Gasteiger partial charge on any atom is 0.201 e. The number of fused-ring (bicyclic) bond motifs is 6. The van der Waals surface area contributed by atoms with E-state index in [0.29, 0.717) is 11.5 Å². The normalized spacial score (nSPS) is 12.3. The Hall–Kier alpha value is -5.56. The lowest BCUT2D eigenvalue weighted by molar-refractivity contribution is -0.0984. The largest absolute Gasteiger partial charge is 0.352 e. The average molecular weight is 670 g/mol. The molecular formula is C40H30Cl2N4O2. The van der Waals surface area contributed by atoms with Crippen LogP contribution >= 0.6 is 24.8 Å². The van der Waals surface area contributed by atoms with Crippen molar-refractivity contribution < 1.29 is 9.78 Å². The Kier molecular flexibility index (Phi) is 8.36. The predicted molar refractivity (Wildman–Crippen MR) is 201 cm³/mol.